The van der Waals surface area contributed by atoms with Gasteiger partial charge in [0, 0.05) is 50.0 Å². The van der Waals surface area contributed by atoms with Gasteiger partial charge in [-0.2, -0.15) is 0 Å². The molecule has 0 radical (unpaired) electrons. The first-order valence-electron chi connectivity index (χ1n) is 25.6. The average Bonchev–Trinajstić information content (AvgIpc) is 4.16. The number of aromatic hydroxyl groups is 1. The van der Waals surface area contributed by atoms with E-state index >= 15 is 4.79 Å². The molecular weight excluding hydrogens is 967 g/mol. The second kappa shape index (κ2) is 25.6. The van der Waals surface area contributed by atoms with Crippen LogP contribution in [-0.4, -0.2) is 147 Å². The highest BCUT2D eigenvalue weighted by atomic mass is 16.8. The number of hydrogen-bond acceptors (Lipinski definition) is 13. The number of carbonyl (C=O) groups is 8. The Morgan fingerprint density at radius 2 is 1.29 bits per heavy atom. The summed E-state index contributed by atoms with van der Waals surface area (Å²) in [5.74, 6) is -6.99. The van der Waals surface area contributed by atoms with Crippen LogP contribution in [0.25, 0.3) is 10.9 Å². The summed E-state index contributed by atoms with van der Waals surface area (Å²) in [5.41, 5.74) is 0.834. The zero-order chi connectivity index (χ0) is 55.6. The molecular formula is C54H77N9O12. The number of rotatable bonds is 16. The zero-order valence-electron chi connectivity index (χ0n) is 45.0. The molecule has 2 aliphatic heterocycles. The molecule has 21 heteroatoms. The molecule has 75 heavy (non-hydrogen) atoms. The normalized spacial score (nSPS) is 24.7. The molecule has 7 amide bonds. The highest BCUT2D eigenvalue weighted by molar-refractivity contribution is 5.99. The maximum absolute atomic E-state index is 15.3. The summed E-state index contributed by atoms with van der Waals surface area (Å²) in [6.45, 7) is 16.7. The van der Waals surface area contributed by atoms with Crippen LogP contribution in [0.15, 0.2) is 60.8 Å². The third-order valence-corrected chi connectivity index (χ3v) is 14.0. The average molecular weight is 1040 g/mol. The van der Waals surface area contributed by atoms with Crippen molar-refractivity contribution >= 4 is 64.2 Å². The van der Waals surface area contributed by atoms with Crippen molar-refractivity contribution in [2.45, 2.75) is 155 Å². The van der Waals surface area contributed by atoms with Crippen LogP contribution in [0.2, 0.25) is 0 Å². The van der Waals surface area contributed by atoms with Crippen molar-refractivity contribution in [3.63, 3.8) is 0 Å². The lowest BCUT2D eigenvalue weighted by Crippen LogP contribution is -2.60. The van der Waals surface area contributed by atoms with Crippen LogP contribution in [0.3, 0.4) is 0 Å². The summed E-state index contributed by atoms with van der Waals surface area (Å²) in [4.78, 5) is 117. The van der Waals surface area contributed by atoms with E-state index in [-0.39, 0.29) is 67.3 Å². The van der Waals surface area contributed by atoms with E-state index in [1.807, 2.05) is 72.0 Å². The van der Waals surface area contributed by atoms with Gasteiger partial charge >= 0.3 is 0 Å². The Kier molecular flexibility index (Phi) is 20.2. The van der Waals surface area contributed by atoms with E-state index in [1.54, 1.807) is 26.0 Å². The number of benzene rings is 2. The second-order valence-corrected chi connectivity index (χ2v) is 21.4. The molecule has 2 saturated heterocycles. The number of carbonyl (C=O) groups excluding carboxylic acids is 8. The third-order valence-electron chi connectivity index (χ3n) is 14.0. The number of epoxide rings is 1. The number of phenolic OH excluding ortho intramolecular Hbond substituents is 1. The topological polar surface area (TPSA) is 285 Å². The maximum Gasteiger partial charge on any atom is 0.245 e. The lowest BCUT2D eigenvalue weighted by Gasteiger charge is -2.33. The monoisotopic (exact) mass is 1040 g/mol. The van der Waals surface area contributed by atoms with Crippen LogP contribution in [0.4, 0.5) is 5.69 Å². The summed E-state index contributed by atoms with van der Waals surface area (Å²) in [7, 11) is 2.75. The zero-order valence-corrected chi connectivity index (χ0v) is 45.0. The summed E-state index contributed by atoms with van der Waals surface area (Å²) in [5, 5.41) is 44.5. The van der Waals surface area contributed by atoms with E-state index < -0.39 is 107 Å². The van der Waals surface area contributed by atoms with E-state index in [0.717, 1.165) is 21.9 Å². The molecule has 2 unspecified atom stereocenters. The molecule has 2 aromatic carbocycles. The molecule has 3 heterocycles. The fourth-order valence-corrected chi connectivity index (χ4v) is 9.48. The van der Waals surface area contributed by atoms with E-state index in [4.69, 9.17) is 4.74 Å². The number of nitrogens with one attached hydrogen (secondary N) is 5. The number of aromatic nitrogens is 1. The predicted molar refractivity (Wildman–Crippen MR) is 279 cm³/mol. The smallest absolute Gasteiger partial charge is 0.245 e. The van der Waals surface area contributed by atoms with Crippen molar-refractivity contribution < 1.29 is 58.6 Å². The Hall–Kier alpha value is -6.84. The van der Waals surface area contributed by atoms with Gasteiger partial charge in [0.1, 0.15) is 66.1 Å². The number of ether oxygens (including phenoxy) is 1. The van der Waals surface area contributed by atoms with Crippen LogP contribution < -0.4 is 31.8 Å². The van der Waals surface area contributed by atoms with Gasteiger partial charge in [-0.05, 0) is 94.5 Å². The maximum atomic E-state index is 15.3. The number of anilines is 1. The number of phenols is 1. The highest BCUT2D eigenvalue weighted by Crippen LogP contribution is 2.36. The summed E-state index contributed by atoms with van der Waals surface area (Å²) < 4.78 is 7.84. The van der Waals surface area contributed by atoms with Gasteiger partial charge in [0.05, 0.1) is 12.1 Å². The highest BCUT2D eigenvalue weighted by Gasteiger charge is 2.43. The molecule has 0 aliphatic carbocycles. The molecule has 9 atom stereocenters. The molecule has 1 aromatic heterocycles. The number of likely N-dealkylation sites (N-methyl/N-ethyl adjacent to an activating group) is 2. The number of amides is 7. The van der Waals surface area contributed by atoms with Crippen LogP contribution in [0.1, 0.15) is 99.1 Å². The number of fused-ring (bicyclic) bond motifs is 1. The number of hydrogen-bond donors (Lipinski definition) is 8. The molecule has 410 valence electrons. The molecule has 21 nitrogen and oxygen atoms in total. The molecule has 0 saturated carbocycles. The van der Waals surface area contributed by atoms with Crippen molar-refractivity contribution in [1.82, 2.24) is 41.0 Å². The molecule has 5 rings (SSSR count). The molecule has 3 aromatic rings. The summed E-state index contributed by atoms with van der Waals surface area (Å²) in [6, 6.07) is 2.01. The van der Waals surface area contributed by atoms with Gasteiger partial charge in [-0.15, -0.1) is 5.23 Å². The van der Waals surface area contributed by atoms with Crippen molar-refractivity contribution in [2.75, 3.05) is 25.9 Å². The third kappa shape index (κ3) is 14.9. The van der Waals surface area contributed by atoms with Crippen LogP contribution in [0, 0.1) is 17.8 Å². The Bertz CT molecular complexity index is 2590. The number of para-hydroxylation sites is 1. The predicted octanol–water partition coefficient (Wildman–Crippen LogP) is 3.25. The second-order valence-electron chi connectivity index (χ2n) is 21.4. The molecule has 2 aliphatic rings. The molecule has 0 spiro atoms. The van der Waals surface area contributed by atoms with Crippen molar-refractivity contribution in [3.8, 4) is 5.75 Å². The lowest BCUT2D eigenvalue weighted by molar-refractivity contribution is -0.144. The van der Waals surface area contributed by atoms with Gasteiger partial charge < -0.3 is 55.6 Å². The standard InChI is InChI=1S/C54H77N9O12/c1-12-13-17-37-47(66)59-40(26-35-27-62(54(8,9)46-29-75-46)41-18-15-14-16-36(35)41)53(72)61(11)43(22-31(4)5)50(69)58-39(24-34-19-20-45(65)42(25-34)63(73)74)48(67)55-33(7)52(71)60(10)44(23-32(6)28-64)51(70)57-38(21-30(2)3)49(68)56-37/h12-16,18-20,25,27-28,30-33,37-40,43-44,46,65,73-74H,17,21-24,26,29H2,1-11H3,(H,55,67)(H,56,68)(H,57,70)(H,58,69)(H,59,66)/b13-12+/t32?,33-,37-,38-,39-,40-,43-,44-,46?/m0/s1. The van der Waals surface area contributed by atoms with Crippen LogP contribution in [-0.2, 0) is 61.5 Å². The Morgan fingerprint density at radius 3 is 1.89 bits per heavy atom. The number of nitrogens with zero attached hydrogens (tertiary/aromatic N) is 4. The van der Waals surface area contributed by atoms with E-state index in [0.29, 0.717) is 18.5 Å². The minimum absolute atomic E-state index is 0.0192. The SMILES string of the molecule is C/C=C/C[C@@H]1NC(=O)[C@H](CC(C)C)NC(=O)[C@H](CC(C)C=O)N(C)C(=O)[C@H](C)NC(=O)[C@H](Cc2ccc(O)c(N(O)O)c2)NC(=O)[C@H](CC(C)C)N(C)C(=O)[C@H](Cc2cn(C(C)(C)C3CO3)c3ccccc23)NC1=O. The first-order chi connectivity index (χ1) is 35.3. The fraction of sp³-hybridized carbons (Fsp3) is 0.556. The van der Waals surface area contributed by atoms with Crippen molar-refractivity contribution in [1.29, 1.82) is 0 Å². The Morgan fingerprint density at radius 1 is 0.733 bits per heavy atom. The largest absolute Gasteiger partial charge is 0.506 e. The molecule has 8 N–H and O–H groups in total. The first-order valence-corrected chi connectivity index (χ1v) is 25.6. The number of allylic oxidation sites excluding steroid dienone is 1. The van der Waals surface area contributed by atoms with E-state index in [9.17, 15) is 49.1 Å². The lowest BCUT2D eigenvalue weighted by atomic mass is 9.98. The van der Waals surface area contributed by atoms with Gasteiger partial charge in [0.25, 0.3) is 0 Å². The Balaban J connectivity index is 1.69. The van der Waals surface area contributed by atoms with Gasteiger partial charge in [-0.1, -0.05) is 71.0 Å². The van der Waals surface area contributed by atoms with E-state index in [1.165, 1.54) is 38.1 Å². The molecule has 2 fully saturated rings. The Labute approximate surface area is 438 Å². The van der Waals surface area contributed by atoms with Crippen LogP contribution in [0.5, 0.6) is 5.75 Å². The molecule has 0 bridgehead atoms. The van der Waals surface area contributed by atoms with Gasteiger partial charge in [0.15, 0.2) is 0 Å². The van der Waals surface area contributed by atoms with Crippen molar-refractivity contribution in [3.05, 3.63) is 71.9 Å². The minimum Gasteiger partial charge on any atom is -0.506 e. The quantitative estimate of drug-likeness (QED) is 0.0443. The summed E-state index contributed by atoms with van der Waals surface area (Å²) in [6.07, 6.45) is 5.44. The van der Waals surface area contributed by atoms with Gasteiger partial charge in [0.2, 0.25) is 41.4 Å². The van der Waals surface area contributed by atoms with Gasteiger partial charge in [-0.25, -0.2) is 0 Å². The number of aldehydes is 1. The van der Waals surface area contributed by atoms with Gasteiger partial charge in [-0.3, -0.25) is 44.0 Å². The van der Waals surface area contributed by atoms with Crippen molar-refractivity contribution in [2.24, 2.45) is 17.8 Å². The van der Waals surface area contributed by atoms with E-state index in [2.05, 4.69) is 31.2 Å². The first kappa shape index (κ1) is 59.0. The summed E-state index contributed by atoms with van der Waals surface area (Å²) >= 11 is 0. The van der Waals surface area contributed by atoms with Crippen LogP contribution >= 0.6 is 0 Å². The minimum atomic E-state index is -1.51. The fourth-order valence-electron chi connectivity index (χ4n) is 9.48.